The van der Waals surface area contributed by atoms with Crippen LogP contribution in [0.4, 0.5) is 5.69 Å². The number of anilines is 1. The van der Waals surface area contributed by atoms with Crippen LogP contribution in [0.2, 0.25) is 0 Å². The van der Waals surface area contributed by atoms with Gasteiger partial charge in [-0.15, -0.1) is 0 Å². The molecule has 1 atom stereocenters. The summed E-state index contributed by atoms with van der Waals surface area (Å²) in [6.07, 6.45) is 6.41. The van der Waals surface area contributed by atoms with E-state index >= 15 is 0 Å². The summed E-state index contributed by atoms with van der Waals surface area (Å²) in [7, 11) is 0. The first kappa shape index (κ1) is 15.3. The monoisotopic (exact) mass is 307 g/mol. The number of amides is 1. The third-order valence-electron chi connectivity index (χ3n) is 3.88. The Morgan fingerprint density at radius 2 is 1.87 bits per heavy atom. The zero-order valence-electron chi connectivity index (χ0n) is 13.4. The summed E-state index contributed by atoms with van der Waals surface area (Å²) in [6.45, 7) is 4.26. The van der Waals surface area contributed by atoms with Gasteiger partial charge in [0.15, 0.2) is 0 Å². The molecule has 0 spiro atoms. The van der Waals surface area contributed by atoms with Crippen LogP contribution in [0.15, 0.2) is 61.1 Å². The maximum atomic E-state index is 12.8. The summed E-state index contributed by atoms with van der Waals surface area (Å²) in [4.78, 5) is 17.2. The van der Waals surface area contributed by atoms with E-state index in [-0.39, 0.29) is 11.9 Å². The number of rotatable bonds is 5. The van der Waals surface area contributed by atoms with Crippen LogP contribution in [-0.4, -0.2) is 15.5 Å². The molecule has 0 aliphatic rings. The molecule has 118 valence electrons. The quantitative estimate of drug-likeness (QED) is 0.765. The van der Waals surface area contributed by atoms with E-state index in [1.807, 2.05) is 59.4 Å². The molecule has 3 aromatic rings. The maximum absolute atomic E-state index is 12.8. The van der Waals surface area contributed by atoms with Crippen LogP contribution in [0.1, 0.15) is 26.3 Å². The molecule has 0 fully saturated rings. The molecule has 0 aliphatic carbocycles. The molecule has 0 aliphatic heterocycles. The molecule has 0 bridgehead atoms. The number of hydrogen-bond acceptors (Lipinski definition) is 2. The molecule has 0 saturated carbocycles. The van der Waals surface area contributed by atoms with Crippen LogP contribution in [-0.2, 0) is 4.79 Å². The van der Waals surface area contributed by atoms with E-state index in [1.54, 1.807) is 6.20 Å². The molecule has 2 heterocycles. The Bertz CT molecular complexity index is 788. The molecular weight excluding hydrogens is 286 g/mol. The zero-order valence-corrected chi connectivity index (χ0v) is 13.4. The van der Waals surface area contributed by atoms with Crippen molar-refractivity contribution in [2.45, 2.75) is 26.3 Å². The molecule has 3 rings (SSSR count). The highest BCUT2D eigenvalue weighted by Gasteiger charge is 2.21. The van der Waals surface area contributed by atoms with Crippen molar-refractivity contribution in [2.24, 2.45) is 5.92 Å². The molecule has 0 radical (unpaired) electrons. The molecule has 0 saturated heterocycles. The summed E-state index contributed by atoms with van der Waals surface area (Å²) >= 11 is 0. The number of para-hydroxylation sites is 1. The number of pyridine rings is 1. The lowest BCUT2D eigenvalue weighted by atomic mass is 10.0. The lowest BCUT2D eigenvalue weighted by molar-refractivity contribution is -0.119. The molecule has 4 nitrogen and oxygen atoms in total. The van der Waals surface area contributed by atoms with Gasteiger partial charge >= 0.3 is 0 Å². The van der Waals surface area contributed by atoms with E-state index in [0.29, 0.717) is 5.92 Å². The minimum Gasteiger partial charge on any atom is -0.342 e. The minimum absolute atomic E-state index is 0.00643. The first-order chi connectivity index (χ1) is 11.1. The van der Waals surface area contributed by atoms with Crippen LogP contribution >= 0.6 is 0 Å². The lowest BCUT2D eigenvalue weighted by Gasteiger charge is -2.20. The fraction of sp³-hybridized carbons (Fsp3) is 0.263. The third-order valence-corrected chi connectivity index (χ3v) is 3.88. The van der Waals surface area contributed by atoms with Crippen LogP contribution in [0.25, 0.3) is 10.9 Å². The van der Waals surface area contributed by atoms with Crippen molar-refractivity contribution in [3.8, 4) is 0 Å². The van der Waals surface area contributed by atoms with Gasteiger partial charge in [0.2, 0.25) is 5.91 Å². The van der Waals surface area contributed by atoms with Crippen molar-refractivity contribution < 1.29 is 4.79 Å². The molecule has 23 heavy (non-hydrogen) atoms. The summed E-state index contributed by atoms with van der Waals surface area (Å²) < 4.78 is 1.97. The number of nitrogens with zero attached hydrogens (tertiary/aromatic N) is 2. The normalized spacial score (nSPS) is 12.5. The van der Waals surface area contributed by atoms with Gasteiger partial charge in [-0.05, 0) is 36.6 Å². The van der Waals surface area contributed by atoms with Gasteiger partial charge in [0, 0.05) is 24.0 Å². The molecule has 1 amide bonds. The minimum atomic E-state index is -0.219. The van der Waals surface area contributed by atoms with Gasteiger partial charge in [0.05, 0.1) is 11.2 Å². The van der Waals surface area contributed by atoms with Gasteiger partial charge in [0.25, 0.3) is 0 Å². The smallest absolute Gasteiger partial charge is 0.247 e. The Morgan fingerprint density at radius 1 is 1.13 bits per heavy atom. The van der Waals surface area contributed by atoms with Gasteiger partial charge in [-0.2, -0.15) is 0 Å². The van der Waals surface area contributed by atoms with Crippen LogP contribution in [0.3, 0.4) is 0 Å². The van der Waals surface area contributed by atoms with Crippen LogP contribution in [0.5, 0.6) is 0 Å². The fourth-order valence-corrected chi connectivity index (χ4v) is 2.79. The summed E-state index contributed by atoms with van der Waals surface area (Å²) in [5.41, 5.74) is 1.58. The van der Waals surface area contributed by atoms with E-state index in [1.165, 1.54) is 0 Å². The lowest BCUT2D eigenvalue weighted by Crippen LogP contribution is -2.26. The SMILES string of the molecule is CC(C)C[C@H](C(=O)Nc1cccc2cccnc12)n1cccc1. The summed E-state index contributed by atoms with van der Waals surface area (Å²) in [6, 6.07) is 13.4. The van der Waals surface area contributed by atoms with Gasteiger partial charge < -0.3 is 9.88 Å². The second-order valence-electron chi connectivity index (χ2n) is 6.15. The number of fused-ring (bicyclic) bond motifs is 1. The number of nitrogens with one attached hydrogen (secondary N) is 1. The number of carbonyl (C=O) groups is 1. The van der Waals surface area contributed by atoms with Crippen molar-refractivity contribution in [1.82, 2.24) is 9.55 Å². The number of benzene rings is 1. The summed E-state index contributed by atoms with van der Waals surface area (Å²) in [5, 5.41) is 4.08. The largest absolute Gasteiger partial charge is 0.342 e. The highest BCUT2D eigenvalue weighted by Crippen LogP contribution is 2.24. The van der Waals surface area contributed by atoms with Gasteiger partial charge in [-0.25, -0.2) is 0 Å². The van der Waals surface area contributed by atoms with Crippen molar-refractivity contribution in [3.63, 3.8) is 0 Å². The van der Waals surface area contributed by atoms with Gasteiger partial charge in [-0.3, -0.25) is 9.78 Å². The van der Waals surface area contributed by atoms with Crippen molar-refractivity contribution in [3.05, 3.63) is 61.1 Å². The van der Waals surface area contributed by atoms with E-state index in [2.05, 4.69) is 24.1 Å². The Labute approximate surface area is 136 Å². The standard InChI is InChI=1S/C19H21N3O/c1-14(2)13-17(22-11-3-4-12-22)19(23)21-16-9-5-7-15-8-6-10-20-18(15)16/h3-12,14,17H,13H2,1-2H3,(H,21,23)/t17-/m1/s1. The molecule has 4 heteroatoms. The summed E-state index contributed by atoms with van der Waals surface area (Å²) in [5.74, 6) is 0.423. The third kappa shape index (κ3) is 3.42. The Balaban J connectivity index is 1.89. The molecule has 1 N–H and O–H groups in total. The van der Waals surface area contributed by atoms with Gasteiger partial charge in [0.1, 0.15) is 6.04 Å². The first-order valence-electron chi connectivity index (χ1n) is 7.92. The number of aromatic nitrogens is 2. The highest BCUT2D eigenvalue weighted by molar-refractivity contribution is 6.01. The molecule has 2 aromatic heterocycles. The van der Waals surface area contributed by atoms with E-state index in [4.69, 9.17) is 0 Å². The van der Waals surface area contributed by atoms with Crippen molar-refractivity contribution in [1.29, 1.82) is 0 Å². The Kier molecular flexibility index (Phi) is 4.42. The van der Waals surface area contributed by atoms with E-state index in [0.717, 1.165) is 23.0 Å². The Hall–Kier alpha value is -2.62. The van der Waals surface area contributed by atoms with E-state index in [9.17, 15) is 4.79 Å². The average molecular weight is 307 g/mol. The number of carbonyl (C=O) groups excluding carboxylic acids is 1. The van der Waals surface area contributed by atoms with Crippen LogP contribution in [0, 0.1) is 5.92 Å². The first-order valence-corrected chi connectivity index (χ1v) is 7.92. The van der Waals surface area contributed by atoms with E-state index < -0.39 is 0 Å². The van der Waals surface area contributed by atoms with Crippen molar-refractivity contribution in [2.75, 3.05) is 5.32 Å². The zero-order chi connectivity index (χ0) is 16.2. The van der Waals surface area contributed by atoms with Gasteiger partial charge in [-0.1, -0.05) is 32.0 Å². The average Bonchev–Trinajstić information content (AvgIpc) is 3.07. The topological polar surface area (TPSA) is 46.9 Å². The predicted molar refractivity (Wildman–Crippen MR) is 93.3 cm³/mol. The second kappa shape index (κ2) is 6.65. The van der Waals surface area contributed by atoms with Crippen molar-refractivity contribution >= 4 is 22.5 Å². The molecule has 0 unspecified atom stereocenters. The maximum Gasteiger partial charge on any atom is 0.247 e. The predicted octanol–water partition coefficient (Wildman–Crippen LogP) is 4.26. The molecule has 1 aromatic carbocycles. The fourth-order valence-electron chi connectivity index (χ4n) is 2.79. The molecular formula is C19H21N3O. The highest BCUT2D eigenvalue weighted by atomic mass is 16.2. The Morgan fingerprint density at radius 3 is 2.61 bits per heavy atom. The number of hydrogen-bond donors (Lipinski definition) is 1. The second-order valence-corrected chi connectivity index (χ2v) is 6.15. The van der Waals surface area contributed by atoms with Crippen LogP contribution < -0.4 is 5.32 Å².